The Morgan fingerprint density at radius 3 is 2.41 bits per heavy atom. The van der Waals surface area contributed by atoms with Gasteiger partial charge in [-0.25, -0.2) is 9.37 Å². The molecule has 0 fully saturated rings. The molecule has 1 heterocycles. The third-order valence-electron chi connectivity index (χ3n) is 3.28. The fourth-order valence-corrected chi connectivity index (χ4v) is 3.03. The van der Waals surface area contributed by atoms with Crippen LogP contribution in [0.4, 0.5) is 28.4 Å². The zero-order chi connectivity index (χ0) is 19.9. The molecule has 3 aromatic rings. The zero-order valence-electron chi connectivity index (χ0n) is 13.8. The first-order valence-electron chi connectivity index (χ1n) is 7.60. The van der Waals surface area contributed by atoms with Crippen molar-refractivity contribution in [3.8, 4) is 0 Å². The molecule has 0 saturated heterocycles. The van der Waals surface area contributed by atoms with Crippen molar-refractivity contribution in [3.63, 3.8) is 0 Å². The van der Waals surface area contributed by atoms with Crippen molar-refractivity contribution in [1.82, 2.24) is 4.98 Å². The molecule has 0 saturated carbocycles. The van der Waals surface area contributed by atoms with Crippen LogP contribution in [0.1, 0.15) is 16.0 Å². The molecule has 1 aromatic heterocycles. The van der Waals surface area contributed by atoms with Gasteiger partial charge < -0.3 is 11.1 Å². The van der Waals surface area contributed by atoms with Crippen LogP contribution < -0.4 is 11.1 Å². The Labute approximate surface area is 156 Å². The molecule has 0 radical (unpaired) electrons. The molecule has 0 aliphatic heterocycles. The van der Waals surface area contributed by atoms with Crippen molar-refractivity contribution in [3.05, 3.63) is 76.5 Å². The topological polar surface area (TPSA) is 68.0 Å². The second-order valence-corrected chi connectivity index (χ2v) is 6.39. The van der Waals surface area contributed by atoms with Crippen LogP contribution >= 0.6 is 11.3 Å². The molecule has 0 aliphatic carbocycles. The van der Waals surface area contributed by atoms with Gasteiger partial charge in [0, 0.05) is 23.2 Å². The lowest BCUT2D eigenvalue weighted by Crippen LogP contribution is -2.04. The van der Waals surface area contributed by atoms with Crippen LogP contribution in [0.3, 0.4) is 0 Å². The summed E-state index contributed by atoms with van der Waals surface area (Å²) in [6.07, 6.45) is -1.88. The van der Waals surface area contributed by atoms with Gasteiger partial charge in [0.05, 0.1) is 5.56 Å². The predicted octanol–water partition coefficient (Wildman–Crippen LogP) is 4.74. The largest absolute Gasteiger partial charge is 0.416 e. The molecule has 4 nitrogen and oxygen atoms in total. The van der Waals surface area contributed by atoms with Gasteiger partial charge in [0.25, 0.3) is 0 Å². The number of hydrogen-bond donors (Lipinski definition) is 2. The maximum atomic E-state index is 13.2. The molecule has 1 amide bonds. The van der Waals surface area contributed by atoms with Gasteiger partial charge in [-0.2, -0.15) is 13.2 Å². The Morgan fingerprint density at radius 1 is 1.15 bits per heavy atom. The fourth-order valence-electron chi connectivity index (χ4n) is 2.16. The number of nitrogens with zero attached hydrogens (tertiary/aromatic N) is 1. The van der Waals surface area contributed by atoms with E-state index in [2.05, 4.69) is 16.0 Å². The number of hydrogen-bond acceptors (Lipinski definition) is 4. The number of anilines is 2. The van der Waals surface area contributed by atoms with Crippen molar-refractivity contribution >= 4 is 28.6 Å². The third kappa shape index (κ3) is 6.37. The molecule has 0 unspecified atom stereocenters. The molecule has 142 valence electrons. The number of thiazole rings is 1. The smallest absolute Gasteiger partial charge is 0.372 e. The number of primary amides is 1. The summed E-state index contributed by atoms with van der Waals surface area (Å²) in [5, 5.41) is 3.54. The summed E-state index contributed by atoms with van der Waals surface area (Å²) >= 11 is 1.37. The summed E-state index contributed by atoms with van der Waals surface area (Å²) in [7, 11) is 0. The highest BCUT2D eigenvalue weighted by molar-refractivity contribution is 7.15. The molecule has 2 aromatic carbocycles. The molecule has 0 spiro atoms. The number of benzene rings is 2. The van der Waals surface area contributed by atoms with Crippen molar-refractivity contribution in [2.24, 2.45) is 5.73 Å². The third-order valence-corrected chi connectivity index (χ3v) is 4.20. The monoisotopic (exact) mass is 397 g/mol. The van der Waals surface area contributed by atoms with E-state index in [1.165, 1.54) is 35.6 Å². The van der Waals surface area contributed by atoms with Crippen LogP contribution in [0.25, 0.3) is 0 Å². The Hall–Kier alpha value is -2.94. The van der Waals surface area contributed by atoms with Crippen LogP contribution in [0.5, 0.6) is 0 Å². The summed E-state index contributed by atoms with van der Waals surface area (Å²) in [5.74, 6) is -0.292. The molecular weight excluding hydrogens is 382 g/mol. The van der Waals surface area contributed by atoms with Gasteiger partial charge in [-0.3, -0.25) is 4.79 Å². The van der Waals surface area contributed by atoms with Gasteiger partial charge in [0.15, 0.2) is 5.13 Å². The minimum absolute atomic E-state index is 0.250. The van der Waals surface area contributed by atoms with Gasteiger partial charge in [-0.15, -0.1) is 11.3 Å². The van der Waals surface area contributed by atoms with E-state index >= 15 is 0 Å². The van der Waals surface area contributed by atoms with Crippen LogP contribution in [-0.2, 0) is 17.4 Å². The average Bonchev–Trinajstić information content (AvgIpc) is 3.02. The predicted molar refractivity (Wildman–Crippen MR) is 96.3 cm³/mol. The lowest BCUT2D eigenvalue weighted by atomic mass is 10.1. The summed E-state index contributed by atoms with van der Waals surface area (Å²) in [6, 6.07) is 11.1. The van der Waals surface area contributed by atoms with Crippen LogP contribution in [0.2, 0.25) is 0 Å². The van der Waals surface area contributed by atoms with E-state index in [-0.39, 0.29) is 12.2 Å². The number of halogens is 4. The standard InChI is InChI=1S/C17H12F4N2S.CH3NO/c18-13-3-1-2-11(8-13)9-15-10-22-16(24-15)23-14-6-4-12(5-7-14)17(19,20)21;2-1-3/h1-8,10H,9H2,(H,22,23);1H,(H2,2,3). The van der Waals surface area contributed by atoms with E-state index in [0.717, 1.165) is 22.6 Å². The summed E-state index contributed by atoms with van der Waals surface area (Å²) in [4.78, 5) is 13.7. The second-order valence-electron chi connectivity index (χ2n) is 5.27. The van der Waals surface area contributed by atoms with Crippen LogP contribution in [0.15, 0.2) is 54.7 Å². The highest BCUT2D eigenvalue weighted by Crippen LogP contribution is 2.31. The molecule has 3 rings (SSSR count). The molecule has 0 atom stereocenters. The van der Waals surface area contributed by atoms with Gasteiger partial charge in [-0.05, 0) is 42.0 Å². The number of alkyl halides is 3. The Balaban J connectivity index is 0.000000817. The number of carbonyl (C=O) groups is 1. The minimum atomic E-state index is -4.35. The molecule has 0 aliphatic rings. The molecular formula is C18H15F4N3OS. The Bertz CT molecular complexity index is 879. The van der Waals surface area contributed by atoms with Crippen molar-refractivity contribution in [2.75, 3.05) is 5.32 Å². The van der Waals surface area contributed by atoms with Gasteiger partial charge in [0.1, 0.15) is 5.82 Å². The maximum absolute atomic E-state index is 13.2. The SMILES string of the molecule is Fc1cccc(Cc2cnc(Nc3ccc(C(F)(F)F)cc3)s2)c1.NC=O. The quantitative estimate of drug-likeness (QED) is 0.494. The Kier molecular flexibility index (Phi) is 6.89. The first-order valence-corrected chi connectivity index (χ1v) is 8.42. The van der Waals surface area contributed by atoms with Crippen molar-refractivity contribution in [1.29, 1.82) is 0 Å². The van der Waals surface area contributed by atoms with Crippen molar-refractivity contribution in [2.45, 2.75) is 12.6 Å². The lowest BCUT2D eigenvalue weighted by molar-refractivity contribution is -0.137. The number of carbonyl (C=O) groups excluding carboxylic acids is 1. The van der Waals surface area contributed by atoms with E-state index in [4.69, 9.17) is 4.79 Å². The van der Waals surface area contributed by atoms with Gasteiger partial charge in [0.2, 0.25) is 6.41 Å². The number of aromatic nitrogens is 1. The number of amides is 1. The summed E-state index contributed by atoms with van der Waals surface area (Å²) < 4.78 is 50.8. The van der Waals surface area contributed by atoms with Crippen LogP contribution in [0, 0.1) is 5.82 Å². The van der Waals surface area contributed by atoms with E-state index in [9.17, 15) is 17.6 Å². The summed E-state index contributed by atoms with van der Waals surface area (Å²) in [6.45, 7) is 0. The number of nitrogens with two attached hydrogens (primary N) is 1. The van der Waals surface area contributed by atoms with Crippen LogP contribution in [-0.4, -0.2) is 11.4 Å². The molecule has 0 bridgehead atoms. The normalized spacial score (nSPS) is 10.7. The Morgan fingerprint density at radius 2 is 1.81 bits per heavy atom. The first-order chi connectivity index (χ1) is 12.8. The molecule has 27 heavy (non-hydrogen) atoms. The first kappa shape index (κ1) is 20.4. The van der Waals surface area contributed by atoms with E-state index in [1.54, 1.807) is 12.3 Å². The van der Waals surface area contributed by atoms with E-state index in [1.807, 2.05) is 6.07 Å². The molecule has 9 heteroatoms. The van der Waals surface area contributed by atoms with E-state index in [0.29, 0.717) is 17.2 Å². The maximum Gasteiger partial charge on any atom is 0.416 e. The lowest BCUT2D eigenvalue weighted by Gasteiger charge is -2.07. The van der Waals surface area contributed by atoms with Gasteiger partial charge in [-0.1, -0.05) is 12.1 Å². The average molecular weight is 397 g/mol. The number of nitrogens with one attached hydrogen (secondary N) is 1. The van der Waals surface area contributed by atoms with E-state index < -0.39 is 11.7 Å². The minimum Gasteiger partial charge on any atom is -0.372 e. The number of rotatable bonds is 4. The van der Waals surface area contributed by atoms with Gasteiger partial charge >= 0.3 is 6.18 Å². The summed E-state index contributed by atoms with van der Waals surface area (Å²) in [5.41, 5.74) is 4.83. The zero-order valence-corrected chi connectivity index (χ0v) is 14.7. The fraction of sp³-hybridized carbons (Fsp3) is 0.111. The highest BCUT2D eigenvalue weighted by Gasteiger charge is 2.29. The molecule has 3 N–H and O–H groups in total. The van der Waals surface area contributed by atoms with Crippen molar-refractivity contribution < 1.29 is 22.4 Å². The second kappa shape index (κ2) is 9.13. The highest BCUT2D eigenvalue weighted by atomic mass is 32.1.